The maximum absolute atomic E-state index is 13.1. The Morgan fingerprint density at radius 3 is 2.77 bits per heavy atom. The first-order valence-corrected chi connectivity index (χ1v) is 4.10. The quantitative estimate of drug-likeness (QED) is 0.518. The summed E-state index contributed by atoms with van der Waals surface area (Å²) in [6.45, 7) is 3.43. The van der Waals surface area contributed by atoms with Crippen LogP contribution in [0.2, 0.25) is 0 Å². The lowest BCUT2D eigenvalue weighted by atomic mass is 10.2. The van der Waals surface area contributed by atoms with Crippen molar-refractivity contribution in [3.05, 3.63) is 29.6 Å². The normalized spacial score (nSPS) is 9.77. The minimum absolute atomic E-state index is 0.00236. The van der Waals surface area contributed by atoms with Crippen LogP contribution < -0.4 is 4.74 Å². The Kier molecular flexibility index (Phi) is 3.01. The molecule has 1 aromatic carbocycles. The van der Waals surface area contributed by atoms with Gasteiger partial charge in [0.25, 0.3) is 0 Å². The largest absolute Gasteiger partial charge is 0.423 e. The molecule has 0 unspecified atom stereocenters. The van der Waals surface area contributed by atoms with Crippen molar-refractivity contribution in [2.45, 2.75) is 20.3 Å². The number of rotatable bonds is 2. The van der Waals surface area contributed by atoms with Gasteiger partial charge in [-0.05, 0) is 24.6 Å². The minimum atomic E-state index is -0.498. The molecule has 0 aliphatic carbocycles. The van der Waals surface area contributed by atoms with Crippen molar-refractivity contribution in [3.63, 3.8) is 0 Å². The van der Waals surface area contributed by atoms with Crippen molar-refractivity contribution in [1.82, 2.24) is 0 Å². The summed E-state index contributed by atoms with van der Waals surface area (Å²) in [5.41, 5.74) is 0.800. The second-order valence-corrected chi connectivity index (χ2v) is 2.76. The van der Waals surface area contributed by atoms with E-state index in [1.807, 2.05) is 0 Å². The smallest absolute Gasteiger partial charge is 0.310 e. The van der Waals surface area contributed by atoms with Gasteiger partial charge < -0.3 is 4.74 Å². The Balaban J connectivity index is 2.83. The topological polar surface area (TPSA) is 26.3 Å². The van der Waals surface area contributed by atoms with Crippen LogP contribution in [0.5, 0.6) is 5.75 Å². The van der Waals surface area contributed by atoms with Gasteiger partial charge in [-0.15, -0.1) is 0 Å². The third-order valence-electron chi connectivity index (χ3n) is 1.60. The lowest BCUT2D eigenvalue weighted by Gasteiger charge is -2.03. The van der Waals surface area contributed by atoms with E-state index in [4.69, 9.17) is 4.74 Å². The first-order chi connectivity index (χ1) is 6.13. The van der Waals surface area contributed by atoms with Crippen LogP contribution in [0.3, 0.4) is 0 Å². The van der Waals surface area contributed by atoms with Crippen LogP contribution in [0.4, 0.5) is 4.39 Å². The van der Waals surface area contributed by atoms with Gasteiger partial charge in [-0.3, -0.25) is 4.79 Å². The van der Waals surface area contributed by atoms with E-state index in [0.717, 1.165) is 5.56 Å². The van der Waals surface area contributed by atoms with E-state index in [2.05, 4.69) is 0 Å². The zero-order valence-electron chi connectivity index (χ0n) is 7.63. The Labute approximate surface area is 76.3 Å². The van der Waals surface area contributed by atoms with Crippen molar-refractivity contribution in [3.8, 4) is 5.75 Å². The number of hydrogen-bond acceptors (Lipinski definition) is 2. The Morgan fingerprint density at radius 1 is 1.54 bits per heavy atom. The van der Waals surface area contributed by atoms with Crippen LogP contribution in [-0.2, 0) is 4.79 Å². The molecule has 0 saturated heterocycles. The minimum Gasteiger partial charge on any atom is -0.423 e. The summed E-state index contributed by atoms with van der Waals surface area (Å²) in [6, 6.07) is 4.48. The van der Waals surface area contributed by atoms with Gasteiger partial charge in [0.2, 0.25) is 0 Å². The molecule has 0 aromatic heterocycles. The maximum Gasteiger partial charge on any atom is 0.310 e. The van der Waals surface area contributed by atoms with Crippen LogP contribution in [0.1, 0.15) is 18.9 Å². The van der Waals surface area contributed by atoms with E-state index in [1.165, 1.54) is 12.1 Å². The molecule has 0 fully saturated rings. The Morgan fingerprint density at radius 2 is 2.23 bits per heavy atom. The lowest BCUT2D eigenvalue weighted by molar-refractivity contribution is -0.134. The van der Waals surface area contributed by atoms with Crippen LogP contribution in [0.15, 0.2) is 18.2 Å². The molecular weight excluding hydrogens is 171 g/mol. The lowest BCUT2D eigenvalue weighted by Crippen LogP contribution is -2.06. The van der Waals surface area contributed by atoms with Crippen molar-refractivity contribution < 1.29 is 13.9 Å². The molecule has 0 spiro atoms. The summed E-state index contributed by atoms with van der Waals surface area (Å²) in [6.07, 6.45) is 0.243. The molecule has 0 amide bonds. The van der Waals surface area contributed by atoms with Gasteiger partial charge in [-0.25, -0.2) is 4.39 Å². The standard InChI is InChI=1S/C10H11FO2/c1-3-10(12)13-9-5-4-7(2)6-8(9)11/h4-6H,3H2,1-2H3. The highest BCUT2D eigenvalue weighted by molar-refractivity contribution is 5.71. The molecule has 0 atom stereocenters. The zero-order valence-corrected chi connectivity index (χ0v) is 7.63. The van der Waals surface area contributed by atoms with E-state index in [0.29, 0.717) is 0 Å². The Hall–Kier alpha value is -1.38. The molecule has 0 N–H and O–H groups in total. The number of halogens is 1. The molecule has 0 aliphatic heterocycles. The summed E-state index contributed by atoms with van der Waals surface area (Å²) >= 11 is 0. The zero-order chi connectivity index (χ0) is 9.84. The number of ether oxygens (including phenoxy) is 1. The third-order valence-corrected chi connectivity index (χ3v) is 1.60. The SMILES string of the molecule is CCC(=O)Oc1ccc(C)cc1F. The van der Waals surface area contributed by atoms with Crippen molar-refractivity contribution in [1.29, 1.82) is 0 Å². The molecule has 70 valence electrons. The molecule has 0 saturated carbocycles. The highest BCUT2D eigenvalue weighted by atomic mass is 19.1. The van der Waals surface area contributed by atoms with Gasteiger partial charge in [0, 0.05) is 6.42 Å². The van der Waals surface area contributed by atoms with Crippen LogP contribution in [-0.4, -0.2) is 5.97 Å². The average Bonchev–Trinajstić information content (AvgIpc) is 2.09. The number of benzene rings is 1. The number of aryl methyl sites for hydroxylation is 1. The monoisotopic (exact) mass is 182 g/mol. The molecule has 3 heteroatoms. The predicted molar refractivity (Wildman–Crippen MR) is 47.1 cm³/mol. The molecule has 2 nitrogen and oxygen atoms in total. The molecule has 0 aliphatic rings. The first-order valence-electron chi connectivity index (χ1n) is 4.10. The fraction of sp³-hybridized carbons (Fsp3) is 0.300. The second-order valence-electron chi connectivity index (χ2n) is 2.76. The van der Waals surface area contributed by atoms with Gasteiger partial charge in [-0.1, -0.05) is 13.0 Å². The van der Waals surface area contributed by atoms with E-state index >= 15 is 0 Å². The summed E-state index contributed by atoms with van der Waals surface area (Å²) in [7, 11) is 0. The molecule has 1 aromatic rings. The van der Waals surface area contributed by atoms with Crippen LogP contribution in [0, 0.1) is 12.7 Å². The number of carbonyl (C=O) groups excluding carboxylic acids is 1. The molecule has 0 bridgehead atoms. The van der Waals surface area contributed by atoms with E-state index in [9.17, 15) is 9.18 Å². The van der Waals surface area contributed by atoms with Gasteiger partial charge in [0.05, 0.1) is 0 Å². The number of hydrogen-bond donors (Lipinski definition) is 0. The Bertz CT molecular complexity index is 321. The second kappa shape index (κ2) is 4.03. The van der Waals surface area contributed by atoms with Crippen molar-refractivity contribution in [2.24, 2.45) is 0 Å². The molecule has 1 rings (SSSR count). The fourth-order valence-corrected chi connectivity index (χ4v) is 0.883. The van der Waals surface area contributed by atoms with Gasteiger partial charge >= 0.3 is 5.97 Å². The third kappa shape index (κ3) is 2.54. The molecule has 0 radical (unpaired) electrons. The summed E-state index contributed by atoms with van der Waals surface area (Å²) < 4.78 is 17.8. The molecular formula is C10H11FO2. The summed E-state index contributed by atoms with van der Waals surface area (Å²) in [5, 5.41) is 0. The van der Waals surface area contributed by atoms with Crippen LogP contribution >= 0.6 is 0 Å². The van der Waals surface area contributed by atoms with Gasteiger partial charge in [0.1, 0.15) is 0 Å². The predicted octanol–water partition coefficient (Wildman–Crippen LogP) is 2.45. The van der Waals surface area contributed by atoms with Crippen molar-refractivity contribution >= 4 is 5.97 Å². The van der Waals surface area contributed by atoms with Crippen LogP contribution in [0.25, 0.3) is 0 Å². The van der Waals surface area contributed by atoms with E-state index < -0.39 is 11.8 Å². The maximum atomic E-state index is 13.1. The van der Waals surface area contributed by atoms with E-state index in [1.54, 1.807) is 19.9 Å². The number of carbonyl (C=O) groups is 1. The molecule has 13 heavy (non-hydrogen) atoms. The summed E-state index contributed by atoms with van der Waals surface area (Å²) in [5.74, 6) is -0.929. The fourth-order valence-electron chi connectivity index (χ4n) is 0.883. The highest BCUT2D eigenvalue weighted by Crippen LogP contribution is 2.18. The van der Waals surface area contributed by atoms with E-state index in [-0.39, 0.29) is 12.2 Å². The first kappa shape index (κ1) is 9.71. The summed E-state index contributed by atoms with van der Waals surface area (Å²) in [4.78, 5) is 10.8. The van der Waals surface area contributed by atoms with Gasteiger partial charge in [-0.2, -0.15) is 0 Å². The number of esters is 1. The van der Waals surface area contributed by atoms with Gasteiger partial charge in [0.15, 0.2) is 11.6 Å². The average molecular weight is 182 g/mol. The highest BCUT2D eigenvalue weighted by Gasteiger charge is 2.06. The van der Waals surface area contributed by atoms with Crippen molar-refractivity contribution in [2.75, 3.05) is 0 Å². The molecule has 0 heterocycles.